The quantitative estimate of drug-likeness (QED) is 0.586. The number of hydrogen-bond donors (Lipinski definition) is 1. The number of likely N-dealkylation sites (N-methyl/N-ethyl adjacent to an activating group) is 1. The lowest BCUT2D eigenvalue weighted by Crippen LogP contribution is -2.53. The van der Waals surface area contributed by atoms with Crippen LogP contribution in [-0.2, 0) is 11.0 Å². The first kappa shape index (κ1) is 23.4. The van der Waals surface area contributed by atoms with E-state index in [4.69, 9.17) is 0 Å². The van der Waals surface area contributed by atoms with Crippen molar-refractivity contribution in [1.29, 1.82) is 0 Å². The molecule has 0 radical (unpaired) electrons. The zero-order chi connectivity index (χ0) is 21.9. The van der Waals surface area contributed by atoms with E-state index in [0.29, 0.717) is 23.4 Å². The number of rotatable bonds is 8. The number of likely N-dealkylation sites (tertiary alicyclic amines) is 1. The standard InChI is InChI=1S/C22H32F3N3OS/c1-15(2)12-20(26-3)21(29)27-11-5-7-18(14-27)28(17-9-10-17)30-19-8-4-6-16(13-19)22(23,24)25/h4,6,8,13,15,17-18,20,26H,5,7,9-12,14H2,1-3H3/t18?,20-/m0/s1. The van der Waals surface area contributed by atoms with Crippen LogP contribution in [0.2, 0.25) is 0 Å². The summed E-state index contributed by atoms with van der Waals surface area (Å²) in [5, 5.41) is 3.15. The first-order valence-corrected chi connectivity index (χ1v) is 11.6. The molecule has 4 nitrogen and oxygen atoms in total. The van der Waals surface area contributed by atoms with Gasteiger partial charge in [-0.15, -0.1) is 0 Å². The van der Waals surface area contributed by atoms with Gasteiger partial charge in [-0.25, -0.2) is 4.31 Å². The Morgan fingerprint density at radius 3 is 2.60 bits per heavy atom. The van der Waals surface area contributed by atoms with Gasteiger partial charge in [0.25, 0.3) is 0 Å². The molecule has 1 aromatic carbocycles. The van der Waals surface area contributed by atoms with Gasteiger partial charge >= 0.3 is 6.18 Å². The molecule has 1 saturated carbocycles. The number of piperidine rings is 1. The van der Waals surface area contributed by atoms with Crippen molar-refractivity contribution in [2.45, 2.75) is 75.1 Å². The van der Waals surface area contributed by atoms with Crippen LogP contribution in [0.5, 0.6) is 0 Å². The number of hydrogen-bond acceptors (Lipinski definition) is 4. The molecule has 0 bridgehead atoms. The van der Waals surface area contributed by atoms with Crippen LogP contribution in [0.4, 0.5) is 13.2 Å². The number of nitrogens with one attached hydrogen (secondary N) is 1. The van der Waals surface area contributed by atoms with E-state index in [2.05, 4.69) is 23.5 Å². The molecule has 1 N–H and O–H groups in total. The molecule has 0 aromatic heterocycles. The molecule has 1 aliphatic heterocycles. The molecule has 30 heavy (non-hydrogen) atoms. The van der Waals surface area contributed by atoms with Gasteiger partial charge in [0.2, 0.25) is 5.91 Å². The van der Waals surface area contributed by atoms with Gasteiger partial charge in [-0.1, -0.05) is 19.9 Å². The Hall–Kier alpha value is -1.25. The molecule has 3 rings (SSSR count). The first-order valence-electron chi connectivity index (χ1n) is 10.8. The van der Waals surface area contributed by atoms with Crippen LogP contribution in [0.1, 0.15) is 51.5 Å². The van der Waals surface area contributed by atoms with Gasteiger partial charge in [-0.3, -0.25) is 4.79 Å². The van der Waals surface area contributed by atoms with Crippen LogP contribution in [-0.4, -0.2) is 53.4 Å². The zero-order valence-corrected chi connectivity index (χ0v) is 18.7. The van der Waals surface area contributed by atoms with E-state index in [1.54, 1.807) is 6.07 Å². The second kappa shape index (κ2) is 9.92. The van der Waals surface area contributed by atoms with E-state index in [9.17, 15) is 18.0 Å². The van der Waals surface area contributed by atoms with Crippen LogP contribution in [0.15, 0.2) is 29.2 Å². The van der Waals surface area contributed by atoms with E-state index in [1.807, 2.05) is 11.9 Å². The summed E-state index contributed by atoms with van der Waals surface area (Å²) in [5.74, 6) is 0.558. The third-order valence-corrected chi connectivity index (χ3v) is 6.97. The Bertz CT molecular complexity index is 724. The van der Waals surface area contributed by atoms with Gasteiger partial charge in [0.1, 0.15) is 0 Å². The largest absolute Gasteiger partial charge is 0.416 e. The summed E-state index contributed by atoms with van der Waals surface area (Å²) in [4.78, 5) is 15.6. The minimum Gasteiger partial charge on any atom is -0.340 e. The first-order chi connectivity index (χ1) is 14.2. The zero-order valence-electron chi connectivity index (χ0n) is 17.9. The van der Waals surface area contributed by atoms with E-state index < -0.39 is 11.7 Å². The molecule has 2 fully saturated rings. The number of benzene rings is 1. The smallest absolute Gasteiger partial charge is 0.340 e. The minimum absolute atomic E-state index is 0.135. The summed E-state index contributed by atoms with van der Waals surface area (Å²) in [7, 11) is 1.83. The van der Waals surface area contributed by atoms with Crippen LogP contribution in [0, 0.1) is 5.92 Å². The molecule has 2 atom stereocenters. The SMILES string of the molecule is CN[C@@H](CC(C)C)C(=O)N1CCCC(N(Sc2cccc(C(F)(F)F)c2)C2CC2)C1. The summed E-state index contributed by atoms with van der Waals surface area (Å²) in [6, 6.07) is 5.89. The fourth-order valence-electron chi connectivity index (χ4n) is 4.02. The van der Waals surface area contributed by atoms with Gasteiger partial charge in [-0.05, 0) is 75.2 Å². The highest BCUT2D eigenvalue weighted by atomic mass is 32.2. The van der Waals surface area contributed by atoms with Crippen LogP contribution >= 0.6 is 11.9 Å². The average Bonchev–Trinajstić information content (AvgIpc) is 3.54. The molecule has 8 heteroatoms. The van der Waals surface area contributed by atoms with Crippen molar-refractivity contribution in [2.24, 2.45) is 5.92 Å². The topological polar surface area (TPSA) is 35.6 Å². The summed E-state index contributed by atoms with van der Waals surface area (Å²) < 4.78 is 41.5. The Morgan fingerprint density at radius 2 is 2.00 bits per heavy atom. The van der Waals surface area contributed by atoms with Crippen molar-refractivity contribution in [2.75, 3.05) is 20.1 Å². The maximum atomic E-state index is 13.1. The second-order valence-corrected chi connectivity index (χ2v) is 9.83. The Balaban J connectivity index is 1.70. The van der Waals surface area contributed by atoms with Gasteiger partial charge in [-0.2, -0.15) is 13.2 Å². The van der Waals surface area contributed by atoms with Crippen LogP contribution < -0.4 is 5.32 Å². The van der Waals surface area contributed by atoms with Crippen molar-refractivity contribution in [3.05, 3.63) is 29.8 Å². The monoisotopic (exact) mass is 443 g/mol. The Morgan fingerprint density at radius 1 is 1.27 bits per heavy atom. The normalized spacial score (nSPS) is 21.3. The molecular formula is C22H32F3N3OS. The lowest BCUT2D eigenvalue weighted by atomic mass is 10.00. The molecule has 1 aliphatic carbocycles. The van der Waals surface area contributed by atoms with Crippen LogP contribution in [0.25, 0.3) is 0 Å². The summed E-state index contributed by atoms with van der Waals surface area (Å²) in [5.41, 5.74) is -0.616. The van der Waals surface area contributed by atoms with Crippen molar-refractivity contribution in [3.63, 3.8) is 0 Å². The van der Waals surface area contributed by atoms with E-state index in [1.165, 1.54) is 24.1 Å². The summed E-state index contributed by atoms with van der Waals surface area (Å²) in [6.07, 6.45) is 0.447. The fraction of sp³-hybridized carbons (Fsp3) is 0.682. The number of nitrogens with zero attached hydrogens (tertiary/aromatic N) is 2. The molecule has 1 saturated heterocycles. The highest BCUT2D eigenvalue weighted by molar-refractivity contribution is 7.97. The minimum atomic E-state index is -4.34. The maximum Gasteiger partial charge on any atom is 0.416 e. The van der Waals surface area contributed by atoms with Gasteiger partial charge in [0, 0.05) is 30.1 Å². The third-order valence-electron chi connectivity index (χ3n) is 5.70. The molecule has 168 valence electrons. The second-order valence-electron chi connectivity index (χ2n) is 8.76. The van der Waals surface area contributed by atoms with E-state index >= 15 is 0 Å². The van der Waals surface area contributed by atoms with Crippen molar-refractivity contribution < 1.29 is 18.0 Å². The number of alkyl halides is 3. The average molecular weight is 444 g/mol. The summed E-state index contributed by atoms with van der Waals surface area (Å²) >= 11 is 1.41. The Kier molecular flexibility index (Phi) is 7.74. The van der Waals surface area contributed by atoms with E-state index in [0.717, 1.165) is 44.7 Å². The Labute approximate surface area is 181 Å². The summed E-state index contributed by atoms with van der Waals surface area (Å²) in [6.45, 7) is 5.60. The predicted octanol–water partition coefficient (Wildman–Crippen LogP) is 4.80. The van der Waals surface area contributed by atoms with Crippen molar-refractivity contribution >= 4 is 17.9 Å². The highest BCUT2D eigenvalue weighted by Gasteiger charge is 2.39. The van der Waals surface area contributed by atoms with Gasteiger partial charge in [0.05, 0.1) is 11.6 Å². The van der Waals surface area contributed by atoms with Gasteiger partial charge < -0.3 is 10.2 Å². The number of carbonyl (C=O) groups is 1. The molecule has 0 spiro atoms. The van der Waals surface area contributed by atoms with Crippen LogP contribution in [0.3, 0.4) is 0 Å². The van der Waals surface area contributed by atoms with Crippen molar-refractivity contribution in [1.82, 2.24) is 14.5 Å². The lowest BCUT2D eigenvalue weighted by Gasteiger charge is -2.40. The number of carbonyl (C=O) groups excluding carboxylic acids is 1. The molecule has 1 amide bonds. The predicted molar refractivity (Wildman–Crippen MR) is 114 cm³/mol. The maximum absolute atomic E-state index is 13.1. The third kappa shape index (κ3) is 6.14. The number of amides is 1. The molecule has 1 unspecified atom stereocenters. The van der Waals surface area contributed by atoms with E-state index in [-0.39, 0.29) is 18.0 Å². The highest BCUT2D eigenvalue weighted by Crippen LogP contribution is 2.41. The lowest BCUT2D eigenvalue weighted by molar-refractivity contribution is -0.138. The number of halogens is 3. The molecule has 1 heterocycles. The molecule has 2 aliphatic rings. The molecular weight excluding hydrogens is 411 g/mol. The fourth-order valence-corrected chi connectivity index (χ4v) is 5.27. The van der Waals surface area contributed by atoms with Crippen molar-refractivity contribution in [3.8, 4) is 0 Å². The van der Waals surface area contributed by atoms with Gasteiger partial charge in [0.15, 0.2) is 0 Å². The molecule has 1 aromatic rings.